The van der Waals surface area contributed by atoms with Crippen LogP contribution < -0.4 is 0 Å². The molecule has 1 aliphatic carbocycles. The van der Waals surface area contributed by atoms with Crippen LogP contribution in [0.25, 0.3) is 0 Å². The smallest absolute Gasteiger partial charge is 0.0820 e. The lowest BCUT2D eigenvalue weighted by atomic mass is 9.85. The minimum absolute atomic E-state index is 0.183. The SMILES string of the molecule is CN(C)CCn1ncc(Cl)c1C1CCCC(O)C1. The average molecular weight is 272 g/mol. The van der Waals surface area contributed by atoms with Crippen LogP contribution in [0.15, 0.2) is 6.20 Å². The van der Waals surface area contributed by atoms with Gasteiger partial charge in [-0.2, -0.15) is 5.10 Å². The first kappa shape index (κ1) is 13.8. The van der Waals surface area contributed by atoms with Gasteiger partial charge >= 0.3 is 0 Å². The maximum absolute atomic E-state index is 9.80. The van der Waals surface area contributed by atoms with E-state index in [0.29, 0.717) is 5.92 Å². The van der Waals surface area contributed by atoms with E-state index in [1.807, 2.05) is 4.68 Å². The fraction of sp³-hybridized carbons (Fsp3) is 0.769. The number of aliphatic hydroxyl groups is 1. The first-order valence-electron chi connectivity index (χ1n) is 6.62. The first-order valence-corrected chi connectivity index (χ1v) is 6.99. The molecule has 0 amide bonds. The summed E-state index contributed by atoms with van der Waals surface area (Å²) in [5.41, 5.74) is 1.11. The molecule has 1 saturated carbocycles. The molecule has 102 valence electrons. The summed E-state index contributed by atoms with van der Waals surface area (Å²) in [6.45, 7) is 1.79. The zero-order valence-electron chi connectivity index (χ0n) is 11.1. The highest BCUT2D eigenvalue weighted by Gasteiger charge is 2.26. The van der Waals surface area contributed by atoms with Crippen molar-refractivity contribution in [1.82, 2.24) is 14.7 Å². The minimum Gasteiger partial charge on any atom is -0.393 e. The minimum atomic E-state index is -0.183. The molecule has 18 heavy (non-hydrogen) atoms. The van der Waals surface area contributed by atoms with Gasteiger partial charge in [0.15, 0.2) is 0 Å². The van der Waals surface area contributed by atoms with E-state index in [0.717, 1.165) is 49.5 Å². The number of likely N-dealkylation sites (N-methyl/N-ethyl adjacent to an activating group) is 1. The normalized spacial score (nSPS) is 24.7. The molecular weight excluding hydrogens is 250 g/mol. The molecule has 1 aromatic heterocycles. The third-order valence-corrected chi connectivity index (χ3v) is 3.92. The van der Waals surface area contributed by atoms with Crippen LogP contribution >= 0.6 is 11.6 Å². The zero-order valence-corrected chi connectivity index (χ0v) is 11.9. The van der Waals surface area contributed by atoms with Gasteiger partial charge in [0.1, 0.15) is 0 Å². The molecule has 5 heteroatoms. The molecule has 1 N–H and O–H groups in total. The summed E-state index contributed by atoms with van der Waals surface area (Å²) in [6.07, 6.45) is 5.45. The average Bonchev–Trinajstić information content (AvgIpc) is 2.68. The van der Waals surface area contributed by atoms with E-state index in [9.17, 15) is 5.11 Å². The number of nitrogens with zero attached hydrogens (tertiary/aromatic N) is 3. The van der Waals surface area contributed by atoms with Crippen molar-refractivity contribution >= 4 is 11.6 Å². The lowest BCUT2D eigenvalue weighted by Gasteiger charge is -2.27. The van der Waals surface area contributed by atoms with E-state index in [-0.39, 0.29) is 6.10 Å². The molecule has 0 saturated heterocycles. The number of aliphatic hydroxyl groups excluding tert-OH is 1. The Balaban J connectivity index is 2.12. The van der Waals surface area contributed by atoms with E-state index in [4.69, 9.17) is 11.6 Å². The third-order valence-electron chi connectivity index (χ3n) is 3.63. The van der Waals surface area contributed by atoms with E-state index in [1.165, 1.54) is 0 Å². The quantitative estimate of drug-likeness (QED) is 0.912. The van der Waals surface area contributed by atoms with Crippen LogP contribution in [-0.2, 0) is 6.54 Å². The molecule has 2 atom stereocenters. The van der Waals surface area contributed by atoms with Crippen molar-refractivity contribution in [2.24, 2.45) is 0 Å². The van der Waals surface area contributed by atoms with Crippen molar-refractivity contribution in [2.75, 3.05) is 20.6 Å². The topological polar surface area (TPSA) is 41.3 Å². The number of hydrogen-bond donors (Lipinski definition) is 1. The Labute approximate surface area is 114 Å². The highest BCUT2D eigenvalue weighted by Crippen LogP contribution is 2.36. The molecule has 0 radical (unpaired) electrons. The Hall–Kier alpha value is -0.580. The van der Waals surface area contributed by atoms with Crippen LogP contribution in [0.1, 0.15) is 37.3 Å². The van der Waals surface area contributed by atoms with Gasteiger partial charge in [-0.1, -0.05) is 18.0 Å². The molecule has 0 aromatic carbocycles. The Morgan fingerprint density at radius 3 is 2.94 bits per heavy atom. The fourth-order valence-corrected chi connectivity index (χ4v) is 2.96. The molecule has 0 bridgehead atoms. The molecule has 2 unspecified atom stereocenters. The van der Waals surface area contributed by atoms with Crippen molar-refractivity contribution in [3.05, 3.63) is 16.9 Å². The van der Waals surface area contributed by atoms with Gasteiger partial charge in [-0.25, -0.2) is 0 Å². The predicted octanol–water partition coefficient (Wildman–Crippen LogP) is 2.12. The van der Waals surface area contributed by atoms with Crippen LogP contribution in [0, 0.1) is 0 Å². The summed E-state index contributed by atoms with van der Waals surface area (Å²) < 4.78 is 2.00. The van der Waals surface area contributed by atoms with Gasteiger partial charge in [0.25, 0.3) is 0 Å². The second-order valence-corrected chi connectivity index (χ2v) is 5.83. The molecule has 1 fully saturated rings. The Morgan fingerprint density at radius 1 is 1.50 bits per heavy atom. The summed E-state index contributed by atoms with van der Waals surface area (Å²) in [4.78, 5) is 2.13. The summed E-state index contributed by atoms with van der Waals surface area (Å²) in [5, 5.41) is 14.9. The van der Waals surface area contributed by atoms with Gasteiger partial charge in [0, 0.05) is 12.5 Å². The van der Waals surface area contributed by atoms with Gasteiger partial charge in [0.05, 0.1) is 29.6 Å². The maximum Gasteiger partial charge on any atom is 0.0820 e. The van der Waals surface area contributed by atoms with E-state index in [1.54, 1.807) is 6.20 Å². The first-order chi connectivity index (χ1) is 8.58. The summed E-state index contributed by atoms with van der Waals surface area (Å²) in [6, 6.07) is 0. The zero-order chi connectivity index (χ0) is 13.1. The number of rotatable bonds is 4. The molecule has 2 rings (SSSR count). The standard InChI is InChI=1S/C13H22ClN3O/c1-16(2)6-7-17-13(12(14)9-15-17)10-4-3-5-11(18)8-10/h9-11,18H,3-8H2,1-2H3. The van der Waals surface area contributed by atoms with Crippen molar-refractivity contribution in [3.8, 4) is 0 Å². The molecule has 1 heterocycles. The van der Waals surface area contributed by atoms with E-state index in [2.05, 4.69) is 24.1 Å². The van der Waals surface area contributed by atoms with E-state index >= 15 is 0 Å². The maximum atomic E-state index is 9.80. The third kappa shape index (κ3) is 3.25. The van der Waals surface area contributed by atoms with Gasteiger partial charge in [-0.3, -0.25) is 4.68 Å². The van der Waals surface area contributed by atoms with Gasteiger partial charge in [-0.05, 0) is 33.4 Å². The Morgan fingerprint density at radius 2 is 2.28 bits per heavy atom. The fourth-order valence-electron chi connectivity index (χ4n) is 2.66. The van der Waals surface area contributed by atoms with Crippen molar-refractivity contribution in [3.63, 3.8) is 0 Å². The van der Waals surface area contributed by atoms with Gasteiger partial charge < -0.3 is 10.0 Å². The largest absolute Gasteiger partial charge is 0.393 e. The van der Waals surface area contributed by atoms with Crippen molar-refractivity contribution in [2.45, 2.75) is 44.2 Å². The van der Waals surface area contributed by atoms with E-state index < -0.39 is 0 Å². The molecular formula is C13H22ClN3O. The lowest BCUT2D eigenvalue weighted by Crippen LogP contribution is -2.24. The number of halogens is 1. The van der Waals surface area contributed by atoms with Crippen molar-refractivity contribution in [1.29, 1.82) is 0 Å². The highest BCUT2D eigenvalue weighted by molar-refractivity contribution is 6.31. The van der Waals surface area contributed by atoms with Gasteiger partial charge in [-0.15, -0.1) is 0 Å². The second-order valence-electron chi connectivity index (χ2n) is 5.42. The molecule has 1 aliphatic rings. The molecule has 0 spiro atoms. The summed E-state index contributed by atoms with van der Waals surface area (Å²) in [7, 11) is 4.10. The Kier molecular flexibility index (Phi) is 4.65. The predicted molar refractivity (Wildman–Crippen MR) is 73.0 cm³/mol. The summed E-state index contributed by atoms with van der Waals surface area (Å²) in [5.74, 6) is 0.353. The molecule has 0 aliphatic heterocycles. The van der Waals surface area contributed by atoms with Crippen molar-refractivity contribution < 1.29 is 5.11 Å². The van der Waals surface area contributed by atoms with Crippen LogP contribution in [-0.4, -0.2) is 46.5 Å². The van der Waals surface area contributed by atoms with Crippen LogP contribution in [0.2, 0.25) is 5.02 Å². The monoisotopic (exact) mass is 271 g/mol. The molecule has 4 nitrogen and oxygen atoms in total. The number of aromatic nitrogens is 2. The van der Waals surface area contributed by atoms with Crippen LogP contribution in [0.3, 0.4) is 0 Å². The van der Waals surface area contributed by atoms with Gasteiger partial charge in [0.2, 0.25) is 0 Å². The lowest BCUT2D eigenvalue weighted by molar-refractivity contribution is 0.117. The summed E-state index contributed by atoms with van der Waals surface area (Å²) >= 11 is 6.26. The molecule has 1 aromatic rings. The van der Waals surface area contributed by atoms with Crippen LogP contribution in [0.5, 0.6) is 0 Å². The number of hydrogen-bond acceptors (Lipinski definition) is 3. The second kappa shape index (κ2) is 6.04. The highest BCUT2D eigenvalue weighted by atomic mass is 35.5. The Bertz CT molecular complexity index is 392. The van der Waals surface area contributed by atoms with Crippen LogP contribution in [0.4, 0.5) is 0 Å².